The Kier molecular flexibility index (Phi) is 3.84. The molecule has 0 aliphatic carbocycles. The number of benzene rings is 1. The zero-order chi connectivity index (χ0) is 12.3. The molecule has 0 heterocycles. The molecule has 0 aliphatic heterocycles. The van der Waals surface area contributed by atoms with Crippen LogP contribution in [0.3, 0.4) is 0 Å². The quantitative estimate of drug-likeness (QED) is 0.483. The molecule has 16 heavy (non-hydrogen) atoms. The third-order valence-electron chi connectivity index (χ3n) is 2.43. The second kappa shape index (κ2) is 4.94. The van der Waals surface area contributed by atoms with Crippen molar-refractivity contribution in [2.24, 2.45) is 0 Å². The van der Waals surface area contributed by atoms with Crippen LogP contribution in [-0.2, 0) is 0 Å². The lowest BCUT2D eigenvalue weighted by Gasteiger charge is -2.25. The molecule has 1 N–H and O–H groups in total. The number of aliphatic hydroxyl groups is 1. The van der Waals surface area contributed by atoms with Crippen LogP contribution in [0.1, 0.15) is 19.4 Å². The molecule has 1 aromatic carbocycles. The van der Waals surface area contributed by atoms with Gasteiger partial charge >= 0.3 is 0 Å². The maximum Gasteiger partial charge on any atom is 0.292 e. The number of nitro groups is 1. The summed E-state index contributed by atoms with van der Waals surface area (Å²) in [5.74, 6) is 0. The molecule has 1 aromatic rings. The normalized spacial score (nSPS) is 12.2. The van der Waals surface area contributed by atoms with E-state index in [1.165, 1.54) is 6.07 Å². The van der Waals surface area contributed by atoms with E-state index in [0.717, 1.165) is 5.56 Å². The third-order valence-corrected chi connectivity index (χ3v) is 2.43. The number of nitrogens with zero attached hydrogens (tertiary/aromatic N) is 2. The highest BCUT2D eigenvalue weighted by Gasteiger charge is 2.20. The monoisotopic (exact) mass is 224 g/mol. The average Bonchev–Trinajstić information content (AvgIpc) is 2.20. The van der Waals surface area contributed by atoms with Gasteiger partial charge in [-0.1, -0.05) is 6.07 Å². The molecule has 0 bridgehead atoms. The third kappa shape index (κ3) is 2.49. The van der Waals surface area contributed by atoms with E-state index in [-0.39, 0.29) is 5.69 Å². The first-order valence-electron chi connectivity index (χ1n) is 5.17. The van der Waals surface area contributed by atoms with Crippen LogP contribution in [0.5, 0.6) is 0 Å². The predicted molar refractivity (Wildman–Crippen MR) is 62.5 cm³/mol. The lowest BCUT2D eigenvalue weighted by molar-refractivity contribution is -0.384. The van der Waals surface area contributed by atoms with E-state index >= 15 is 0 Å². The van der Waals surface area contributed by atoms with E-state index in [4.69, 9.17) is 0 Å². The Balaban J connectivity index is 3.26. The van der Waals surface area contributed by atoms with E-state index in [1.54, 1.807) is 30.9 Å². The molecule has 1 atom stereocenters. The molecule has 1 rings (SSSR count). The average molecular weight is 224 g/mol. The van der Waals surface area contributed by atoms with Crippen molar-refractivity contribution in [1.82, 2.24) is 0 Å². The zero-order valence-corrected chi connectivity index (χ0v) is 9.67. The van der Waals surface area contributed by atoms with Gasteiger partial charge in [-0.15, -0.1) is 0 Å². The number of hydrogen-bond acceptors (Lipinski definition) is 4. The molecule has 5 heteroatoms. The molecule has 0 aliphatic rings. The number of aliphatic hydroxyl groups excluding tert-OH is 1. The maximum atomic E-state index is 10.9. The second-order valence-electron chi connectivity index (χ2n) is 3.67. The van der Waals surface area contributed by atoms with Crippen molar-refractivity contribution in [3.63, 3.8) is 0 Å². The number of rotatable bonds is 4. The van der Waals surface area contributed by atoms with E-state index in [9.17, 15) is 15.2 Å². The summed E-state index contributed by atoms with van der Waals surface area (Å²) in [6.07, 6.45) is -0.744. The summed E-state index contributed by atoms with van der Waals surface area (Å²) in [6, 6.07) is 4.98. The van der Waals surface area contributed by atoms with Crippen LogP contribution in [0.4, 0.5) is 11.4 Å². The summed E-state index contributed by atoms with van der Waals surface area (Å²) in [6.45, 7) is 5.75. The molecular formula is C11H16N2O3. The van der Waals surface area contributed by atoms with Gasteiger partial charge in [0.05, 0.1) is 4.92 Å². The SMILES string of the molecule is CCN(c1ccc(C)cc1[N+](=O)[O-])C(C)O. The number of hydrogen-bond donors (Lipinski definition) is 1. The Hall–Kier alpha value is -1.62. The van der Waals surface area contributed by atoms with Crippen molar-refractivity contribution in [3.8, 4) is 0 Å². The molecule has 0 saturated heterocycles. The van der Waals surface area contributed by atoms with Gasteiger partial charge in [0, 0.05) is 12.6 Å². The summed E-state index contributed by atoms with van der Waals surface area (Å²) >= 11 is 0. The molecule has 0 fully saturated rings. The van der Waals surface area contributed by atoms with Crippen LogP contribution in [-0.4, -0.2) is 22.8 Å². The largest absolute Gasteiger partial charge is 0.374 e. The van der Waals surface area contributed by atoms with E-state index in [0.29, 0.717) is 12.2 Å². The van der Waals surface area contributed by atoms with Gasteiger partial charge < -0.3 is 10.0 Å². The highest BCUT2D eigenvalue weighted by molar-refractivity contribution is 5.64. The Labute approximate surface area is 94.5 Å². The topological polar surface area (TPSA) is 66.6 Å². The maximum absolute atomic E-state index is 10.9. The summed E-state index contributed by atoms with van der Waals surface area (Å²) < 4.78 is 0. The van der Waals surface area contributed by atoms with E-state index in [2.05, 4.69) is 0 Å². The lowest BCUT2D eigenvalue weighted by atomic mass is 10.1. The highest BCUT2D eigenvalue weighted by atomic mass is 16.6. The van der Waals surface area contributed by atoms with Gasteiger partial charge in [0.2, 0.25) is 0 Å². The molecule has 0 radical (unpaired) electrons. The van der Waals surface area contributed by atoms with Crippen molar-refractivity contribution in [2.45, 2.75) is 27.0 Å². The fourth-order valence-electron chi connectivity index (χ4n) is 1.66. The zero-order valence-electron chi connectivity index (χ0n) is 9.67. The van der Waals surface area contributed by atoms with Crippen molar-refractivity contribution < 1.29 is 10.0 Å². The van der Waals surface area contributed by atoms with Crippen LogP contribution in [0.2, 0.25) is 0 Å². The van der Waals surface area contributed by atoms with Crippen LogP contribution >= 0.6 is 0 Å². The molecule has 0 saturated carbocycles. The highest BCUT2D eigenvalue weighted by Crippen LogP contribution is 2.29. The van der Waals surface area contributed by atoms with Gasteiger partial charge in [-0.05, 0) is 32.4 Å². The molecule has 5 nitrogen and oxygen atoms in total. The minimum atomic E-state index is -0.744. The minimum absolute atomic E-state index is 0.0303. The smallest absolute Gasteiger partial charge is 0.292 e. The summed E-state index contributed by atoms with van der Waals surface area (Å²) in [5.41, 5.74) is 1.31. The molecule has 0 spiro atoms. The van der Waals surface area contributed by atoms with Crippen LogP contribution in [0.15, 0.2) is 18.2 Å². The van der Waals surface area contributed by atoms with Gasteiger partial charge in [0.1, 0.15) is 11.9 Å². The molecule has 1 unspecified atom stereocenters. The van der Waals surface area contributed by atoms with Crippen molar-refractivity contribution in [3.05, 3.63) is 33.9 Å². The Morgan fingerprint density at radius 3 is 2.62 bits per heavy atom. The Morgan fingerprint density at radius 1 is 1.56 bits per heavy atom. The molecule has 0 amide bonds. The number of aryl methyl sites for hydroxylation is 1. The van der Waals surface area contributed by atoms with Crippen molar-refractivity contribution in [1.29, 1.82) is 0 Å². The first-order chi connectivity index (χ1) is 7.47. The Bertz CT molecular complexity index is 391. The number of nitro benzene ring substituents is 1. The van der Waals surface area contributed by atoms with E-state index in [1.807, 2.05) is 6.92 Å². The summed E-state index contributed by atoms with van der Waals surface area (Å²) in [4.78, 5) is 12.1. The molecule has 88 valence electrons. The molecular weight excluding hydrogens is 208 g/mol. The van der Waals surface area contributed by atoms with Crippen molar-refractivity contribution in [2.75, 3.05) is 11.4 Å². The van der Waals surface area contributed by atoms with Crippen molar-refractivity contribution >= 4 is 11.4 Å². The van der Waals surface area contributed by atoms with Crippen LogP contribution in [0, 0.1) is 17.0 Å². The Morgan fingerprint density at radius 2 is 2.19 bits per heavy atom. The van der Waals surface area contributed by atoms with Gasteiger partial charge in [-0.25, -0.2) is 0 Å². The van der Waals surface area contributed by atoms with E-state index < -0.39 is 11.2 Å². The fourth-order valence-corrected chi connectivity index (χ4v) is 1.66. The van der Waals surface area contributed by atoms with Gasteiger partial charge in [-0.2, -0.15) is 0 Å². The lowest BCUT2D eigenvalue weighted by Crippen LogP contribution is -2.32. The van der Waals surface area contributed by atoms with Gasteiger partial charge in [0.15, 0.2) is 0 Å². The van der Waals surface area contributed by atoms with Crippen LogP contribution < -0.4 is 4.90 Å². The van der Waals surface area contributed by atoms with Gasteiger partial charge in [0.25, 0.3) is 5.69 Å². The van der Waals surface area contributed by atoms with Gasteiger partial charge in [-0.3, -0.25) is 10.1 Å². The first kappa shape index (κ1) is 12.4. The standard InChI is InChI=1S/C11H16N2O3/c1-4-12(9(3)14)10-6-5-8(2)7-11(10)13(15)16/h5-7,9,14H,4H2,1-3H3. The predicted octanol–water partition coefficient (Wildman–Crippen LogP) is 2.07. The number of anilines is 1. The summed E-state index contributed by atoms with van der Waals surface area (Å²) in [7, 11) is 0. The summed E-state index contributed by atoms with van der Waals surface area (Å²) in [5, 5.41) is 20.5. The fraction of sp³-hybridized carbons (Fsp3) is 0.455. The molecule has 0 aromatic heterocycles. The minimum Gasteiger partial charge on any atom is -0.374 e. The second-order valence-corrected chi connectivity index (χ2v) is 3.67. The van der Waals surface area contributed by atoms with Crippen LogP contribution in [0.25, 0.3) is 0 Å². The first-order valence-corrected chi connectivity index (χ1v) is 5.17.